The molecule has 0 N–H and O–H groups in total. The molecule has 0 amide bonds. The lowest BCUT2D eigenvalue weighted by Crippen LogP contribution is -2.52. The molecule has 3 aliphatic rings. The highest BCUT2D eigenvalue weighted by molar-refractivity contribution is 7.91. The van der Waals surface area contributed by atoms with Crippen LogP contribution in [0.5, 0.6) is 0 Å². The lowest BCUT2D eigenvalue weighted by atomic mass is 10.2. The highest BCUT2D eigenvalue weighted by Gasteiger charge is 2.36. The van der Waals surface area contributed by atoms with Crippen LogP contribution in [0.1, 0.15) is 19.3 Å². The van der Waals surface area contributed by atoms with Crippen LogP contribution in [0.3, 0.4) is 0 Å². The third-order valence-electron chi connectivity index (χ3n) is 6.16. The topological polar surface area (TPSA) is 112 Å². The smallest absolute Gasteiger partial charge is 0.243 e. The zero-order chi connectivity index (χ0) is 21.6. The minimum absolute atomic E-state index is 0.0325. The molecule has 3 fully saturated rings. The van der Waals surface area contributed by atoms with E-state index in [9.17, 15) is 25.3 Å². The quantitative estimate of drug-likeness (QED) is 0.585. The van der Waals surface area contributed by atoms with E-state index in [1.165, 1.54) is 32.9 Å². The van der Waals surface area contributed by atoms with Crippen molar-refractivity contribution in [3.05, 3.63) is 24.3 Å². The summed E-state index contributed by atoms with van der Waals surface area (Å²) in [6.07, 6.45) is 2.27. The molecular weight excluding hydrogens is 450 g/mol. The number of piperazine rings is 1. The first-order valence-electron chi connectivity index (χ1n) is 10.1. The predicted molar refractivity (Wildman–Crippen MR) is 112 cm³/mol. The highest BCUT2D eigenvalue weighted by Crippen LogP contribution is 2.25. The van der Waals surface area contributed by atoms with E-state index in [4.69, 9.17) is 0 Å². The van der Waals surface area contributed by atoms with Crippen LogP contribution >= 0.6 is 0 Å². The molecule has 0 aromatic heterocycles. The number of nitrogens with zero attached hydrogens (tertiary/aromatic N) is 3. The fourth-order valence-corrected chi connectivity index (χ4v) is 9.08. The monoisotopic (exact) mass is 477 g/mol. The summed E-state index contributed by atoms with van der Waals surface area (Å²) < 4.78 is 77.4. The van der Waals surface area contributed by atoms with E-state index in [-0.39, 0.29) is 40.4 Å². The van der Waals surface area contributed by atoms with Gasteiger partial charge in [0, 0.05) is 45.3 Å². The van der Waals surface area contributed by atoms with Gasteiger partial charge in [0.1, 0.15) is 0 Å². The summed E-state index contributed by atoms with van der Waals surface area (Å²) in [7, 11) is -10.3. The first kappa shape index (κ1) is 22.2. The molecular formula is C18H27N3O6S3. The molecule has 0 saturated carbocycles. The zero-order valence-corrected chi connectivity index (χ0v) is 19.1. The molecule has 1 unspecified atom stereocenters. The van der Waals surface area contributed by atoms with Gasteiger partial charge in [0.15, 0.2) is 9.84 Å². The third kappa shape index (κ3) is 4.30. The average Bonchev–Trinajstić information content (AvgIpc) is 3.38. The van der Waals surface area contributed by atoms with Gasteiger partial charge in [0.2, 0.25) is 20.0 Å². The van der Waals surface area contributed by atoms with E-state index in [0.29, 0.717) is 32.6 Å². The van der Waals surface area contributed by atoms with Crippen LogP contribution in [0.4, 0.5) is 0 Å². The largest absolute Gasteiger partial charge is 0.297 e. The number of hydrogen-bond acceptors (Lipinski definition) is 7. The Balaban J connectivity index is 1.43. The van der Waals surface area contributed by atoms with Crippen molar-refractivity contribution in [1.82, 2.24) is 13.5 Å². The van der Waals surface area contributed by atoms with Gasteiger partial charge in [0.25, 0.3) is 0 Å². The van der Waals surface area contributed by atoms with Gasteiger partial charge in [-0.3, -0.25) is 4.90 Å². The molecule has 3 saturated heterocycles. The maximum atomic E-state index is 13.0. The van der Waals surface area contributed by atoms with Crippen molar-refractivity contribution in [2.45, 2.75) is 35.1 Å². The second kappa shape index (κ2) is 8.14. The first-order chi connectivity index (χ1) is 14.1. The van der Waals surface area contributed by atoms with Crippen LogP contribution in [-0.4, -0.2) is 95.6 Å². The predicted octanol–water partition coefficient (Wildman–Crippen LogP) is -0.0355. The van der Waals surface area contributed by atoms with E-state index in [2.05, 4.69) is 4.90 Å². The summed E-state index contributed by atoms with van der Waals surface area (Å²) >= 11 is 0. The molecule has 1 atom stereocenters. The summed E-state index contributed by atoms with van der Waals surface area (Å²) in [5, 5.41) is 0. The van der Waals surface area contributed by atoms with Crippen molar-refractivity contribution in [2.75, 3.05) is 50.8 Å². The first-order valence-corrected chi connectivity index (χ1v) is 14.8. The van der Waals surface area contributed by atoms with E-state index < -0.39 is 29.9 Å². The Bertz CT molecular complexity index is 1090. The Morgan fingerprint density at radius 3 is 1.63 bits per heavy atom. The van der Waals surface area contributed by atoms with E-state index in [1.807, 2.05) is 0 Å². The molecule has 3 aliphatic heterocycles. The maximum absolute atomic E-state index is 13.0. The molecule has 1 aromatic rings. The number of benzene rings is 1. The summed E-state index contributed by atoms with van der Waals surface area (Å²) in [6.45, 7) is 2.53. The maximum Gasteiger partial charge on any atom is 0.243 e. The Morgan fingerprint density at radius 2 is 1.20 bits per heavy atom. The van der Waals surface area contributed by atoms with Gasteiger partial charge in [0.05, 0.1) is 21.3 Å². The average molecular weight is 478 g/mol. The van der Waals surface area contributed by atoms with Gasteiger partial charge in [-0.1, -0.05) is 0 Å². The van der Waals surface area contributed by atoms with Gasteiger partial charge >= 0.3 is 0 Å². The van der Waals surface area contributed by atoms with Gasteiger partial charge in [-0.2, -0.15) is 8.61 Å². The number of rotatable bonds is 5. The Morgan fingerprint density at radius 1 is 0.733 bits per heavy atom. The lowest BCUT2D eigenvalue weighted by Gasteiger charge is -2.36. The van der Waals surface area contributed by atoms with E-state index >= 15 is 0 Å². The zero-order valence-electron chi connectivity index (χ0n) is 16.7. The fraction of sp³-hybridized carbons (Fsp3) is 0.667. The fourth-order valence-electron chi connectivity index (χ4n) is 4.38. The van der Waals surface area contributed by atoms with Crippen LogP contribution in [0, 0.1) is 0 Å². The molecule has 12 heteroatoms. The summed E-state index contributed by atoms with van der Waals surface area (Å²) in [6, 6.07) is 5.40. The van der Waals surface area contributed by atoms with Crippen LogP contribution in [0.2, 0.25) is 0 Å². The lowest BCUT2D eigenvalue weighted by molar-refractivity contribution is 0.148. The van der Waals surface area contributed by atoms with Gasteiger partial charge in [-0.05, 0) is 43.5 Å². The van der Waals surface area contributed by atoms with Crippen molar-refractivity contribution in [2.24, 2.45) is 0 Å². The molecule has 0 aliphatic carbocycles. The molecule has 1 aromatic carbocycles. The van der Waals surface area contributed by atoms with Crippen molar-refractivity contribution < 1.29 is 25.3 Å². The minimum Gasteiger partial charge on any atom is -0.297 e. The minimum atomic E-state index is -3.73. The van der Waals surface area contributed by atoms with Crippen molar-refractivity contribution >= 4 is 29.9 Å². The van der Waals surface area contributed by atoms with Crippen molar-refractivity contribution in [3.63, 3.8) is 0 Å². The van der Waals surface area contributed by atoms with Crippen LogP contribution < -0.4 is 0 Å². The molecule has 30 heavy (non-hydrogen) atoms. The Labute approximate surface area is 178 Å². The third-order valence-corrected chi connectivity index (χ3v) is 11.7. The molecule has 4 rings (SSSR count). The van der Waals surface area contributed by atoms with Crippen molar-refractivity contribution in [3.8, 4) is 0 Å². The van der Waals surface area contributed by atoms with Gasteiger partial charge in [-0.25, -0.2) is 25.3 Å². The second-order valence-corrected chi connectivity index (χ2v) is 14.2. The molecule has 0 bridgehead atoms. The van der Waals surface area contributed by atoms with Crippen molar-refractivity contribution in [1.29, 1.82) is 0 Å². The molecule has 0 spiro atoms. The molecule has 168 valence electrons. The summed E-state index contributed by atoms with van der Waals surface area (Å²) in [5.41, 5.74) is 0. The van der Waals surface area contributed by atoms with Crippen LogP contribution in [-0.2, 0) is 29.9 Å². The molecule has 9 nitrogen and oxygen atoms in total. The van der Waals surface area contributed by atoms with Gasteiger partial charge < -0.3 is 0 Å². The summed E-state index contributed by atoms with van der Waals surface area (Å²) in [4.78, 5) is 2.23. The Hall–Kier alpha value is -1.05. The standard InChI is InChI=1S/C18H27N3O6S3/c22-28(23)14-7-16(15-28)19-10-12-21(13-11-19)30(26,27)18-5-3-17(4-6-18)29(24,25)20-8-1-2-9-20/h3-6,16H,1-2,7-15H2. The highest BCUT2D eigenvalue weighted by atomic mass is 32.2. The van der Waals surface area contributed by atoms with Crippen LogP contribution in [0.15, 0.2) is 34.1 Å². The second-order valence-electron chi connectivity index (χ2n) is 8.08. The van der Waals surface area contributed by atoms with E-state index in [0.717, 1.165) is 12.8 Å². The Kier molecular flexibility index (Phi) is 6.01. The normalized spacial score (nSPS) is 26.9. The SMILES string of the molecule is O=S1(=O)CCC(N2CCN(S(=O)(=O)c3ccc(S(=O)(=O)N4CCCC4)cc3)CC2)C1. The summed E-state index contributed by atoms with van der Waals surface area (Å²) in [5.74, 6) is 0.343. The number of sulfone groups is 1. The number of sulfonamides is 2. The molecule has 0 radical (unpaired) electrons. The van der Waals surface area contributed by atoms with Gasteiger partial charge in [-0.15, -0.1) is 0 Å². The molecule has 3 heterocycles. The van der Waals surface area contributed by atoms with Crippen LogP contribution in [0.25, 0.3) is 0 Å². The van der Waals surface area contributed by atoms with E-state index in [1.54, 1.807) is 0 Å². The number of hydrogen-bond donors (Lipinski definition) is 0.